The van der Waals surface area contributed by atoms with Gasteiger partial charge in [-0.3, -0.25) is 0 Å². The van der Waals surface area contributed by atoms with E-state index >= 15 is 0 Å². The molecule has 0 aliphatic carbocycles. The van der Waals surface area contributed by atoms with Crippen LogP contribution in [0.1, 0.15) is 38.5 Å². The molecule has 0 unspecified atom stereocenters. The summed E-state index contributed by atoms with van der Waals surface area (Å²) in [5.74, 6) is 0. The molecule has 0 atom stereocenters. The second-order valence-electron chi connectivity index (χ2n) is 6.40. The van der Waals surface area contributed by atoms with Crippen molar-refractivity contribution in [2.45, 2.75) is 33.0 Å². The molecule has 2 fully saturated rings. The molecule has 104 valence electrons. The first kappa shape index (κ1) is 12.9. The van der Waals surface area contributed by atoms with Gasteiger partial charge in [-0.2, -0.15) is 0 Å². The average Bonchev–Trinajstić information content (AvgIpc) is 2.93. The summed E-state index contributed by atoms with van der Waals surface area (Å²) >= 11 is 0. The summed E-state index contributed by atoms with van der Waals surface area (Å²) in [7, 11) is 0. The summed E-state index contributed by atoms with van der Waals surface area (Å²) in [6.07, 6.45) is 2.43. The second kappa shape index (κ2) is 5.14. The zero-order chi connectivity index (χ0) is 13.3. The molecule has 2 heterocycles. The molecule has 0 saturated carbocycles. The van der Waals surface area contributed by atoms with E-state index in [1.807, 2.05) is 0 Å². The minimum atomic E-state index is -0.194. The van der Waals surface area contributed by atoms with Gasteiger partial charge in [0, 0.05) is 29.8 Å². The van der Waals surface area contributed by atoms with Crippen LogP contribution in [0.2, 0.25) is 0 Å². The van der Waals surface area contributed by atoms with Crippen LogP contribution in [0.15, 0.2) is 24.3 Å². The highest BCUT2D eigenvalue weighted by atomic mass is 16.7. The molecule has 2 aliphatic rings. The number of hydrogen-bond donors (Lipinski definition) is 0. The van der Waals surface area contributed by atoms with Gasteiger partial charge in [-0.15, -0.1) is 0 Å². The molecule has 0 spiro atoms. The van der Waals surface area contributed by atoms with Gasteiger partial charge in [0.15, 0.2) is 6.29 Å². The normalized spacial score (nSPS) is 23.8. The van der Waals surface area contributed by atoms with Crippen LogP contribution in [0.4, 0.5) is 5.69 Å². The van der Waals surface area contributed by atoms with Gasteiger partial charge in [0.1, 0.15) is 0 Å². The Morgan fingerprint density at radius 1 is 1.00 bits per heavy atom. The first-order valence-electron chi connectivity index (χ1n) is 7.22. The highest BCUT2D eigenvalue weighted by Gasteiger charge is 2.29. The van der Waals surface area contributed by atoms with Crippen LogP contribution in [-0.2, 0) is 9.47 Å². The van der Waals surface area contributed by atoms with Gasteiger partial charge in [0.05, 0.1) is 13.2 Å². The van der Waals surface area contributed by atoms with Gasteiger partial charge >= 0.3 is 0 Å². The van der Waals surface area contributed by atoms with Crippen molar-refractivity contribution >= 4 is 5.69 Å². The van der Waals surface area contributed by atoms with Crippen LogP contribution in [0.3, 0.4) is 0 Å². The van der Waals surface area contributed by atoms with Crippen LogP contribution in [0.25, 0.3) is 0 Å². The van der Waals surface area contributed by atoms with Crippen molar-refractivity contribution in [1.82, 2.24) is 0 Å². The predicted molar refractivity (Wildman–Crippen MR) is 76.3 cm³/mol. The lowest BCUT2D eigenvalue weighted by Crippen LogP contribution is -2.33. The third-order valence-corrected chi connectivity index (χ3v) is 3.89. The van der Waals surface area contributed by atoms with E-state index in [0.29, 0.717) is 0 Å². The Hall–Kier alpha value is -1.06. The van der Waals surface area contributed by atoms with E-state index < -0.39 is 0 Å². The number of anilines is 1. The fourth-order valence-corrected chi connectivity index (χ4v) is 2.70. The summed E-state index contributed by atoms with van der Waals surface area (Å²) in [5.41, 5.74) is 2.57. The molecule has 2 saturated heterocycles. The number of rotatable bonds is 2. The number of hydrogen-bond acceptors (Lipinski definition) is 3. The maximum absolute atomic E-state index is 5.81. The van der Waals surface area contributed by atoms with Crippen LogP contribution >= 0.6 is 0 Å². The van der Waals surface area contributed by atoms with E-state index in [1.165, 1.54) is 31.6 Å². The van der Waals surface area contributed by atoms with Crippen LogP contribution < -0.4 is 4.90 Å². The zero-order valence-electron chi connectivity index (χ0n) is 11.9. The van der Waals surface area contributed by atoms with Gasteiger partial charge in [-0.05, 0) is 25.0 Å². The van der Waals surface area contributed by atoms with E-state index in [-0.39, 0.29) is 11.7 Å². The zero-order valence-corrected chi connectivity index (χ0v) is 11.9. The molecule has 0 radical (unpaired) electrons. The van der Waals surface area contributed by atoms with E-state index in [9.17, 15) is 0 Å². The highest BCUT2D eigenvalue weighted by Crippen LogP contribution is 2.32. The molecule has 19 heavy (non-hydrogen) atoms. The first-order chi connectivity index (χ1) is 9.14. The van der Waals surface area contributed by atoms with Crippen molar-refractivity contribution in [3.63, 3.8) is 0 Å². The molecule has 1 aromatic carbocycles. The molecule has 0 aromatic heterocycles. The van der Waals surface area contributed by atoms with Gasteiger partial charge in [0.2, 0.25) is 0 Å². The van der Waals surface area contributed by atoms with Crippen molar-refractivity contribution in [3.05, 3.63) is 29.8 Å². The van der Waals surface area contributed by atoms with Gasteiger partial charge in [0.25, 0.3) is 0 Å². The van der Waals surface area contributed by atoms with Crippen LogP contribution in [-0.4, -0.2) is 26.3 Å². The van der Waals surface area contributed by atoms with Crippen LogP contribution in [0.5, 0.6) is 0 Å². The van der Waals surface area contributed by atoms with E-state index in [2.05, 4.69) is 43.0 Å². The number of nitrogens with zero attached hydrogens (tertiary/aromatic N) is 1. The van der Waals surface area contributed by atoms with Gasteiger partial charge < -0.3 is 14.4 Å². The highest BCUT2D eigenvalue weighted by molar-refractivity contribution is 5.48. The lowest BCUT2D eigenvalue weighted by atomic mass is 9.95. The molecule has 0 bridgehead atoms. The number of ether oxygens (including phenoxy) is 2. The van der Waals surface area contributed by atoms with Crippen LogP contribution in [0, 0.1) is 5.41 Å². The SMILES string of the molecule is CC1(C)COC(c2ccc(N3CCCC3)cc2)OC1. The van der Waals surface area contributed by atoms with E-state index in [0.717, 1.165) is 18.8 Å². The summed E-state index contributed by atoms with van der Waals surface area (Å²) in [6.45, 7) is 8.21. The Bertz CT molecular complexity index is 411. The quantitative estimate of drug-likeness (QED) is 0.815. The topological polar surface area (TPSA) is 21.7 Å². The Morgan fingerprint density at radius 2 is 1.58 bits per heavy atom. The van der Waals surface area contributed by atoms with Gasteiger partial charge in [-0.25, -0.2) is 0 Å². The minimum absolute atomic E-state index is 0.131. The number of benzene rings is 1. The maximum atomic E-state index is 5.81. The fourth-order valence-electron chi connectivity index (χ4n) is 2.70. The Labute approximate surface area is 115 Å². The Kier molecular flexibility index (Phi) is 3.50. The Balaban J connectivity index is 1.66. The molecule has 0 N–H and O–H groups in total. The van der Waals surface area contributed by atoms with E-state index in [4.69, 9.17) is 9.47 Å². The maximum Gasteiger partial charge on any atom is 0.183 e. The fraction of sp³-hybridized carbons (Fsp3) is 0.625. The average molecular weight is 261 g/mol. The third kappa shape index (κ3) is 2.93. The molecular weight excluding hydrogens is 238 g/mol. The molecule has 3 rings (SSSR count). The monoisotopic (exact) mass is 261 g/mol. The standard InChI is InChI=1S/C16H23NO2/c1-16(2)11-18-15(19-12-16)13-5-7-14(8-6-13)17-9-3-4-10-17/h5-8,15H,3-4,9-12H2,1-2H3. The molecule has 1 aromatic rings. The first-order valence-corrected chi connectivity index (χ1v) is 7.22. The Morgan fingerprint density at radius 3 is 2.16 bits per heavy atom. The third-order valence-electron chi connectivity index (χ3n) is 3.89. The predicted octanol–water partition coefficient (Wildman–Crippen LogP) is 3.36. The van der Waals surface area contributed by atoms with Crippen molar-refractivity contribution in [2.75, 3.05) is 31.2 Å². The van der Waals surface area contributed by atoms with E-state index in [1.54, 1.807) is 0 Å². The lowest BCUT2D eigenvalue weighted by Gasteiger charge is -2.34. The molecular formula is C16H23NO2. The minimum Gasteiger partial charge on any atom is -0.372 e. The van der Waals surface area contributed by atoms with Crippen molar-refractivity contribution in [1.29, 1.82) is 0 Å². The molecule has 2 aliphatic heterocycles. The largest absolute Gasteiger partial charge is 0.372 e. The summed E-state index contributed by atoms with van der Waals surface area (Å²) in [6, 6.07) is 8.65. The second-order valence-corrected chi connectivity index (χ2v) is 6.40. The molecule has 3 nitrogen and oxygen atoms in total. The van der Waals surface area contributed by atoms with Crippen molar-refractivity contribution in [3.8, 4) is 0 Å². The smallest absolute Gasteiger partial charge is 0.183 e. The molecule has 3 heteroatoms. The summed E-state index contributed by atoms with van der Waals surface area (Å²) in [4.78, 5) is 2.44. The lowest BCUT2D eigenvalue weighted by molar-refractivity contribution is -0.226. The summed E-state index contributed by atoms with van der Waals surface area (Å²) in [5, 5.41) is 0. The van der Waals surface area contributed by atoms with Crippen molar-refractivity contribution in [2.24, 2.45) is 5.41 Å². The van der Waals surface area contributed by atoms with Gasteiger partial charge in [-0.1, -0.05) is 26.0 Å². The van der Waals surface area contributed by atoms with Crippen molar-refractivity contribution < 1.29 is 9.47 Å². The molecule has 0 amide bonds. The summed E-state index contributed by atoms with van der Waals surface area (Å²) < 4.78 is 11.6.